The molecule has 1 aromatic carbocycles. The minimum Gasteiger partial charge on any atom is -0.336 e. The van der Waals surface area contributed by atoms with Crippen LogP contribution in [-0.2, 0) is 0 Å². The Labute approximate surface area is 113 Å². The van der Waals surface area contributed by atoms with Crippen molar-refractivity contribution in [3.63, 3.8) is 0 Å². The first-order valence-electron chi connectivity index (χ1n) is 6.74. The summed E-state index contributed by atoms with van der Waals surface area (Å²) in [5, 5.41) is 0. The Bertz CT molecular complexity index is 432. The molecule has 1 amide bonds. The van der Waals surface area contributed by atoms with Crippen molar-refractivity contribution in [3.05, 3.63) is 35.4 Å². The van der Waals surface area contributed by atoms with Gasteiger partial charge in [-0.1, -0.05) is 25.8 Å². The van der Waals surface area contributed by atoms with Crippen LogP contribution in [0.5, 0.6) is 0 Å². The predicted molar refractivity (Wildman–Crippen MR) is 72.1 cm³/mol. The first-order valence-corrected chi connectivity index (χ1v) is 6.74. The van der Waals surface area contributed by atoms with E-state index in [-0.39, 0.29) is 11.6 Å². The summed E-state index contributed by atoms with van der Waals surface area (Å²) in [6, 6.07) is 3.67. The average molecular weight is 269 g/mol. The summed E-state index contributed by atoms with van der Waals surface area (Å²) in [5.41, 5.74) is -0.190. The fourth-order valence-electron chi connectivity index (χ4n) is 1.95. The van der Waals surface area contributed by atoms with Crippen LogP contribution in [-0.4, -0.2) is 23.4 Å². The van der Waals surface area contributed by atoms with Crippen LogP contribution in [0, 0.1) is 11.6 Å². The molecule has 0 unspecified atom stereocenters. The van der Waals surface area contributed by atoms with Gasteiger partial charge in [-0.2, -0.15) is 0 Å². The molecule has 1 aromatic rings. The van der Waals surface area contributed by atoms with Crippen molar-refractivity contribution < 1.29 is 13.6 Å². The molecule has 0 aromatic heterocycles. The van der Waals surface area contributed by atoms with E-state index in [0.29, 0.717) is 6.54 Å². The molecule has 0 N–H and O–H groups in total. The molecule has 1 rings (SSSR count). The molecule has 0 aliphatic heterocycles. The lowest BCUT2D eigenvalue weighted by Gasteiger charge is -2.27. The molecule has 0 aliphatic carbocycles. The quantitative estimate of drug-likeness (QED) is 0.715. The SMILES string of the molecule is CCCCCN(C(=O)c1cccc(F)c1F)C(C)C. The highest BCUT2D eigenvalue weighted by molar-refractivity contribution is 5.94. The molecule has 106 valence electrons. The topological polar surface area (TPSA) is 20.3 Å². The maximum absolute atomic E-state index is 13.6. The number of amides is 1. The van der Waals surface area contributed by atoms with Gasteiger partial charge in [-0.15, -0.1) is 0 Å². The van der Waals surface area contributed by atoms with E-state index in [4.69, 9.17) is 0 Å². The highest BCUT2D eigenvalue weighted by Gasteiger charge is 2.22. The Balaban J connectivity index is 2.90. The van der Waals surface area contributed by atoms with Crippen LogP contribution in [0.2, 0.25) is 0 Å². The second kappa shape index (κ2) is 7.22. The Morgan fingerprint density at radius 2 is 1.95 bits per heavy atom. The summed E-state index contributed by atoms with van der Waals surface area (Å²) >= 11 is 0. The first kappa shape index (κ1) is 15.6. The van der Waals surface area contributed by atoms with Gasteiger partial charge in [0.05, 0.1) is 5.56 Å². The number of hydrogen-bond donors (Lipinski definition) is 0. The second-order valence-corrected chi connectivity index (χ2v) is 4.90. The molecule has 2 nitrogen and oxygen atoms in total. The minimum atomic E-state index is -1.06. The predicted octanol–water partition coefficient (Wildman–Crippen LogP) is 4.01. The van der Waals surface area contributed by atoms with E-state index in [1.54, 1.807) is 4.90 Å². The zero-order valence-corrected chi connectivity index (χ0v) is 11.7. The number of carbonyl (C=O) groups excluding carboxylic acids is 1. The zero-order valence-electron chi connectivity index (χ0n) is 11.7. The molecule has 0 fully saturated rings. The number of rotatable bonds is 6. The Morgan fingerprint density at radius 1 is 1.26 bits per heavy atom. The van der Waals surface area contributed by atoms with Crippen LogP contribution in [0.1, 0.15) is 50.4 Å². The highest BCUT2D eigenvalue weighted by Crippen LogP contribution is 2.16. The average Bonchev–Trinajstić information content (AvgIpc) is 2.37. The third-order valence-corrected chi connectivity index (χ3v) is 3.07. The Kier molecular flexibility index (Phi) is 5.93. The van der Waals surface area contributed by atoms with Crippen LogP contribution >= 0.6 is 0 Å². The number of benzene rings is 1. The summed E-state index contributed by atoms with van der Waals surface area (Å²) in [7, 11) is 0. The fourth-order valence-corrected chi connectivity index (χ4v) is 1.95. The molecule has 0 saturated heterocycles. The van der Waals surface area contributed by atoms with Gasteiger partial charge in [0.25, 0.3) is 5.91 Å². The summed E-state index contributed by atoms with van der Waals surface area (Å²) < 4.78 is 26.8. The largest absolute Gasteiger partial charge is 0.336 e. The molecular weight excluding hydrogens is 248 g/mol. The van der Waals surface area contributed by atoms with Crippen LogP contribution in [0.25, 0.3) is 0 Å². The van der Waals surface area contributed by atoms with E-state index in [1.165, 1.54) is 12.1 Å². The van der Waals surface area contributed by atoms with Crippen molar-refractivity contribution >= 4 is 5.91 Å². The minimum absolute atomic E-state index is 0.0352. The smallest absolute Gasteiger partial charge is 0.257 e. The summed E-state index contributed by atoms with van der Waals surface area (Å²) in [5.74, 6) is -2.49. The number of hydrogen-bond acceptors (Lipinski definition) is 1. The van der Waals surface area contributed by atoms with Crippen LogP contribution < -0.4 is 0 Å². The summed E-state index contributed by atoms with van der Waals surface area (Å²) in [6.45, 7) is 6.40. The molecule has 0 atom stereocenters. The van der Waals surface area contributed by atoms with Crippen LogP contribution in [0.15, 0.2) is 18.2 Å². The van der Waals surface area contributed by atoms with Crippen molar-refractivity contribution in [2.75, 3.05) is 6.54 Å². The number of nitrogens with zero attached hydrogens (tertiary/aromatic N) is 1. The van der Waals surface area contributed by atoms with E-state index < -0.39 is 17.5 Å². The number of unbranched alkanes of at least 4 members (excludes halogenated alkanes) is 2. The molecule has 0 saturated carbocycles. The van der Waals surface area contributed by atoms with Gasteiger partial charge >= 0.3 is 0 Å². The van der Waals surface area contributed by atoms with Gasteiger partial charge in [0.15, 0.2) is 11.6 Å². The van der Waals surface area contributed by atoms with Gasteiger partial charge in [-0.25, -0.2) is 8.78 Å². The van der Waals surface area contributed by atoms with E-state index in [0.717, 1.165) is 25.3 Å². The fraction of sp³-hybridized carbons (Fsp3) is 0.533. The Morgan fingerprint density at radius 3 is 2.53 bits per heavy atom. The lowest BCUT2D eigenvalue weighted by molar-refractivity contribution is 0.0696. The highest BCUT2D eigenvalue weighted by atomic mass is 19.2. The van der Waals surface area contributed by atoms with Gasteiger partial charge in [0.1, 0.15) is 0 Å². The lowest BCUT2D eigenvalue weighted by Crippen LogP contribution is -2.38. The van der Waals surface area contributed by atoms with Gasteiger partial charge in [-0.05, 0) is 32.4 Å². The molecule has 0 radical (unpaired) electrons. The third kappa shape index (κ3) is 4.01. The lowest BCUT2D eigenvalue weighted by atomic mass is 10.1. The standard InChI is InChI=1S/C15H21F2NO/c1-4-5-6-10-18(11(2)3)15(19)12-8-7-9-13(16)14(12)17/h7-9,11H,4-6,10H2,1-3H3. The van der Waals surface area contributed by atoms with Crippen molar-refractivity contribution in [1.82, 2.24) is 4.90 Å². The first-order chi connectivity index (χ1) is 8.99. The monoisotopic (exact) mass is 269 g/mol. The normalized spacial score (nSPS) is 10.8. The van der Waals surface area contributed by atoms with Gasteiger partial charge in [-0.3, -0.25) is 4.79 Å². The van der Waals surface area contributed by atoms with Gasteiger partial charge < -0.3 is 4.90 Å². The maximum atomic E-state index is 13.6. The van der Waals surface area contributed by atoms with Crippen molar-refractivity contribution in [1.29, 1.82) is 0 Å². The van der Waals surface area contributed by atoms with Crippen molar-refractivity contribution in [3.8, 4) is 0 Å². The molecule has 4 heteroatoms. The molecule has 0 bridgehead atoms. The van der Waals surface area contributed by atoms with Crippen LogP contribution in [0.4, 0.5) is 8.78 Å². The number of carbonyl (C=O) groups is 1. The Hall–Kier alpha value is -1.45. The zero-order chi connectivity index (χ0) is 14.4. The molecule has 0 aliphatic rings. The van der Waals surface area contributed by atoms with Crippen molar-refractivity contribution in [2.45, 2.75) is 46.1 Å². The van der Waals surface area contributed by atoms with Gasteiger partial charge in [0, 0.05) is 12.6 Å². The van der Waals surface area contributed by atoms with E-state index in [2.05, 4.69) is 6.92 Å². The maximum Gasteiger partial charge on any atom is 0.257 e. The second-order valence-electron chi connectivity index (χ2n) is 4.90. The van der Waals surface area contributed by atoms with Crippen LogP contribution in [0.3, 0.4) is 0 Å². The van der Waals surface area contributed by atoms with E-state index in [9.17, 15) is 13.6 Å². The summed E-state index contributed by atoms with van der Waals surface area (Å²) in [4.78, 5) is 13.9. The molecular formula is C15H21F2NO. The number of halogens is 2. The molecule has 0 spiro atoms. The van der Waals surface area contributed by atoms with Gasteiger partial charge in [0.2, 0.25) is 0 Å². The third-order valence-electron chi connectivity index (χ3n) is 3.07. The van der Waals surface area contributed by atoms with Crippen molar-refractivity contribution in [2.24, 2.45) is 0 Å². The molecule has 0 heterocycles. The van der Waals surface area contributed by atoms with E-state index >= 15 is 0 Å². The molecule has 19 heavy (non-hydrogen) atoms. The summed E-state index contributed by atoms with van der Waals surface area (Å²) in [6.07, 6.45) is 2.94. The van der Waals surface area contributed by atoms with E-state index in [1.807, 2.05) is 13.8 Å².